The van der Waals surface area contributed by atoms with E-state index in [2.05, 4.69) is 9.71 Å². The molecule has 1 aliphatic carbocycles. The molecule has 1 saturated carbocycles. The summed E-state index contributed by atoms with van der Waals surface area (Å²) in [5, 5.41) is 0.718. The highest BCUT2D eigenvalue weighted by Crippen LogP contribution is 2.30. The largest absolute Gasteiger partial charge is 0.336 e. The number of nitrogens with zero attached hydrogens (tertiary/aromatic N) is 3. The topological polar surface area (TPSA) is 82.6 Å². The lowest BCUT2D eigenvalue weighted by molar-refractivity contribution is 0.0632. The highest BCUT2D eigenvalue weighted by atomic mass is 32.2. The number of rotatable bonds is 6. The third-order valence-electron chi connectivity index (χ3n) is 5.72. The highest BCUT2D eigenvalue weighted by Gasteiger charge is 2.28. The molecule has 1 aliphatic heterocycles. The minimum absolute atomic E-state index is 0.0750. The molecule has 0 spiro atoms. The van der Waals surface area contributed by atoms with Crippen LogP contribution in [-0.4, -0.2) is 61.8 Å². The van der Waals surface area contributed by atoms with Crippen molar-refractivity contribution < 1.29 is 18.7 Å². The molecule has 2 fully saturated rings. The minimum atomic E-state index is -3.89. The van der Waals surface area contributed by atoms with Gasteiger partial charge in [0.05, 0.1) is 5.52 Å². The summed E-state index contributed by atoms with van der Waals surface area (Å²) in [6.07, 6.45) is -2.05. The molecule has 0 radical (unpaired) electrons. The van der Waals surface area contributed by atoms with Crippen molar-refractivity contribution in [3.05, 3.63) is 66.4 Å². The zero-order valence-electron chi connectivity index (χ0n) is 21.4. The smallest absolute Gasteiger partial charge is 0.264 e. The van der Waals surface area contributed by atoms with Gasteiger partial charge in [0.15, 0.2) is 0 Å². The Balaban J connectivity index is 1.20. The molecule has 5 rings (SSSR count). The lowest BCUT2D eigenvalue weighted by atomic mass is 10.1. The normalized spacial score (nSPS) is 22.4. The summed E-state index contributed by atoms with van der Waals surface area (Å²) in [5.74, 6) is -0.812. The summed E-state index contributed by atoms with van der Waals surface area (Å²) < 4.78 is 59.6. The van der Waals surface area contributed by atoms with Gasteiger partial charge in [0, 0.05) is 61.0 Å². The van der Waals surface area contributed by atoms with Gasteiger partial charge in [0.1, 0.15) is 4.90 Å². The van der Waals surface area contributed by atoms with E-state index in [4.69, 9.17) is 5.48 Å². The number of para-hydroxylation sites is 1. The van der Waals surface area contributed by atoms with E-state index >= 15 is 0 Å². The summed E-state index contributed by atoms with van der Waals surface area (Å²) in [6.45, 7) is 2.35. The summed E-state index contributed by atoms with van der Waals surface area (Å²) in [4.78, 5) is 20.9. The number of aromatic nitrogens is 1. The van der Waals surface area contributed by atoms with Crippen LogP contribution in [0.3, 0.4) is 0 Å². The van der Waals surface area contributed by atoms with E-state index in [0.29, 0.717) is 49.5 Å². The molecule has 0 bridgehead atoms. The maximum Gasteiger partial charge on any atom is 0.264 e. The fraction of sp³-hybridized carbons (Fsp3) is 0.333. The predicted molar refractivity (Wildman–Crippen MR) is 124 cm³/mol. The number of benzene rings is 2. The maximum atomic E-state index is 13.0. The average molecular weight is 455 g/mol. The monoisotopic (exact) mass is 454 g/mol. The first-order chi connectivity index (χ1) is 17.0. The number of fused-ring (bicyclic) bond motifs is 1. The van der Waals surface area contributed by atoms with Gasteiger partial charge in [0.2, 0.25) is 0 Å². The van der Waals surface area contributed by atoms with Gasteiger partial charge in [-0.15, -0.1) is 0 Å². The molecule has 2 aliphatic rings. The lowest BCUT2D eigenvalue weighted by Gasteiger charge is -2.34. The van der Waals surface area contributed by atoms with E-state index in [9.17, 15) is 13.2 Å². The molecule has 1 aromatic heterocycles. The molecule has 1 N–H and O–H groups in total. The summed E-state index contributed by atoms with van der Waals surface area (Å²) >= 11 is 0. The molecule has 32 heavy (non-hydrogen) atoms. The molecule has 1 amide bonds. The first-order valence-corrected chi connectivity index (χ1v) is 12.0. The van der Waals surface area contributed by atoms with Crippen molar-refractivity contribution in [1.82, 2.24) is 14.8 Å². The first-order valence-electron chi connectivity index (χ1n) is 12.5. The standard InChI is InChI=1S/C24H26N4O3S/c29-24(28-15-13-27(14-16-28)17-18-6-7-18)20-8-10-21(11-9-20)26-32(30,31)22-5-1-3-19-4-2-12-25-23(19)22/h1-5,8-12,18,26H,6-7,13-17H2/i6D2,7D2. The Labute approximate surface area is 193 Å². The van der Waals surface area contributed by atoms with Gasteiger partial charge in [-0.1, -0.05) is 18.2 Å². The Morgan fingerprint density at radius 3 is 2.47 bits per heavy atom. The minimum Gasteiger partial charge on any atom is -0.336 e. The van der Waals surface area contributed by atoms with Crippen LogP contribution in [0.25, 0.3) is 10.9 Å². The molecule has 0 unspecified atom stereocenters. The third-order valence-corrected chi connectivity index (χ3v) is 7.13. The van der Waals surface area contributed by atoms with Crippen LogP contribution in [0.5, 0.6) is 0 Å². The number of pyridine rings is 1. The molecular formula is C24H26N4O3S. The quantitative estimate of drug-likeness (QED) is 0.619. The van der Waals surface area contributed by atoms with Crippen molar-refractivity contribution in [1.29, 1.82) is 0 Å². The zero-order valence-corrected chi connectivity index (χ0v) is 18.2. The molecule has 166 valence electrons. The van der Waals surface area contributed by atoms with Crippen molar-refractivity contribution in [3.63, 3.8) is 0 Å². The molecule has 2 aromatic carbocycles. The van der Waals surface area contributed by atoms with Crippen molar-refractivity contribution in [2.75, 3.05) is 37.4 Å². The summed E-state index contributed by atoms with van der Waals surface area (Å²) in [7, 11) is -3.89. The Morgan fingerprint density at radius 1 is 1.03 bits per heavy atom. The number of carbonyl (C=O) groups is 1. The van der Waals surface area contributed by atoms with Gasteiger partial charge in [0.25, 0.3) is 15.9 Å². The molecule has 3 aromatic rings. The van der Waals surface area contributed by atoms with Crippen molar-refractivity contribution in [2.45, 2.75) is 17.6 Å². The van der Waals surface area contributed by atoms with E-state index in [1.54, 1.807) is 59.6 Å². The number of sulfonamides is 1. The SMILES string of the molecule is [2H]C1([2H])C(CN2CCN(C(=O)c3ccc(NS(=O)(=O)c4cccc5cccnc45)cc3)CC2)C1([2H])[2H]. The van der Waals surface area contributed by atoms with Gasteiger partial charge < -0.3 is 4.90 Å². The second kappa shape index (κ2) is 8.52. The van der Waals surface area contributed by atoms with E-state index in [-0.39, 0.29) is 10.8 Å². The number of amides is 1. The van der Waals surface area contributed by atoms with Crippen LogP contribution in [-0.2, 0) is 10.0 Å². The molecule has 0 atom stereocenters. The number of hydrogen-bond donors (Lipinski definition) is 1. The Kier molecular flexibility index (Phi) is 4.43. The van der Waals surface area contributed by atoms with Gasteiger partial charge >= 0.3 is 0 Å². The second-order valence-electron chi connectivity index (χ2n) is 7.95. The molecule has 2 heterocycles. The van der Waals surface area contributed by atoms with Gasteiger partial charge in [-0.3, -0.25) is 19.4 Å². The fourth-order valence-electron chi connectivity index (χ4n) is 3.91. The third kappa shape index (κ3) is 4.47. The molecular weight excluding hydrogens is 424 g/mol. The lowest BCUT2D eigenvalue weighted by Crippen LogP contribution is -2.49. The maximum absolute atomic E-state index is 13.0. The highest BCUT2D eigenvalue weighted by molar-refractivity contribution is 7.93. The zero-order chi connectivity index (χ0) is 25.7. The van der Waals surface area contributed by atoms with Crippen LogP contribution in [0.2, 0.25) is 0 Å². The van der Waals surface area contributed by atoms with E-state index < -0.39 is 28.7 Å². The second-order valence-corrected chi connectivity index (χ2v) is 9.60. The van der Waals surface area contributed by atoms with Gasteiger partial charge in [-0.2, -0.15) is 0 Å². The number of carbonyl (C=O) groups excluding carboxylic acids is 1. The first kappa shape index (κ1) is 16.6. The molecule has 8 heteroatoms. The van der Waals surface area contributed by atoms with Crippen LogP contribution in [0, 0.1) is 5.92 Å². The van der Waals surface area contributed by atoms with Crippen molar-refractivity contribution in [2.24, 2.45) is 5.92 Å². The number of anilines is 1. The number of piperazine rings is 1. The summed E-state index contributed by atoms with van der Waals surface area (Å²) in [6, 6.07) is 14.8. The van der Waals surface area contributed by atoms with E-state index in [1.807, 2.05) is 4.90 Å². The van der Waals surface area contributed by atoms with Crippen LogP contribution < -0.4 is 4.72 Å². The van der Waals surface area contributed by atoms with Crippen molar-refractivity contribution >= 4 is 32.5 Å². The van der Waals surface area contributed by atoms with Crippen LogP contribution in [0.4, 0.5) is 5.69 Å². The summed E-state index contributed by atoms with van der Waals surface area (Å²) in [5.41, 5.74) is 1.15. The molecule has 1 saturated heterocycles. The number of nitrogens with one attached hydrogen (secondary N) is 1. The predicted octanol–water partition coefficient (Wildman–Crippen LogP) is 3.20. The Bertz CT molecular complexity index is 1390. The van der Waals surface area contributed by atoms with Gasteiger partial charge in [-0.05, 0) is 55.1 Å². The van der Waals surface area contributed by atoms with E-state index in [0.717, 1.165) is 5.39 Å². The van der Waals surface area contributed by atoms with Crippen LogP contribution >= 0.6 is 0 Å². The Hall–Kier alpha value is -2.97. The molecule has 7 nitrogen and oxygen atoms in total. The van der Waals surface area contributed by atoms with Crippen LogP contribution in [0.1, 0.15) is 28.6 Å². The van der Waals surface area contributed by atoms with E-state index in [1.165, 1.54) is 6.07 Å². The van der Waals surface area contributed by atoms with Crippen LogP contribution in [0.15, 0.2) is 65.7 Å². The van der Waals surface area contributed by atoms with Crippen molar-refractivity contribution in [3.8, 4) is 0 Å². The Morgan fingerprint density at radius 2 is 1.75 bits per heavy atom. The number of hydrogen-bond acceptors (Lipinski definition) is 5. The average Bonchev–Trinajstić information content (AvgIpc) is 3.25. The fourth-order valence-corrected chi connectivity index (χ4v) is 5.15. The van der Waals surface area contributed by atoms with Gasteiger partial charge in [-0.25, -0.2) is 8.42 Å².